The molecule has 8 nitrogen and oxygen atoms in total. The van der Waals surface area contributed by atoms with Crippen LogP contribution < -0.4 is 10.2 Å². The number of nitrogens with one attached hydrogen (secondary N) is 1. The van der Waals surface area contributed by atoms with Crippen LogP contribution in [-0.4, -0.2) is 72.7 Å². The monoisotopic (exact) mass is 688 g/mol. The molecule has 0 aromatic heterocycles. The number of urea groups is 1. The molecule has 2 aliphatic rings. The summed E-state index contributed by atoms with van der Waals surface area (Å²) in [4.78, 5) is 43.1. The largest absolute Gasteiger partial charge is 0.444 e. The zero-order chi connectivity index (χ0) is 35.8. The van der Waals surface area contributed by atoms with E-state index < -0.39 is 64.7 Å². The first-order chi connectivity index (χ1) is 22.1. The summed E-state index contributed by atoms with van der Waals surface area (Å²) in [6.45, 7) is 5.44. The van der Waals surface area contributed by atoms with Gasteiger partial charge in [-0.2, -0.15) is 26.3 Å². The van der Waals surface area contributed by atoms with Crippen molar-refractivity contribution in [3.05, 3.63) is 65.0 Å². The van der Waals surface area contributed by atoms with Gasteiger partial charge in [0.05, 0.1) is 17.2 Å². The number of likely N-dealkylation sites (tertiary alicyclic amines) is 1. The van der Waals surface area contributed by atoms with E-state index in [4.69, 9.17) is 4.74 Å². The minimum Gasteiger partial charge on any atom is -0.444 e. The van der Waals surface area contributed by atoms with Crippen molar-refractivity contribution in [2.24, 2.45) is 5.92 Å². The summed E-state index contributed by atoms with van der Waals surface area (Å²) in [7, 11) is 2.43. The minimum atomic E-state index is -5.10. The highest BCUT2D eigenvalue weighted by atomic mass is 19.4. The maximum Gasteiger partial charge on any atom is 0.416 e. The number of carbonyl (C=O) groups is 3. The Balaban J connectivity index is 1.53. The lowest BCUT2D eigenvalue weighted by Crippen LogP contribution is -2.48. The van der Waals surface area contributed by atoms with Crippen molar-refractivity contribution in [1.82, 2.24) is 15.1 Å². The third-order valence-electron chi connectivity index (χ3n) is 8.74. The molecule has 1 heterocycles. The van der Waals surface area contributed by atoms with Gasteiger partial charge in [0.1, 0.15) is 11.4 Å². The molecular formula is C33H39F7N4O4. The number of alkyl halides is 6. The second-order valence-corrected chi connectivity index (χ2v) is 13.4. The Labute approximate surface area is 274 Å². The number of halogens is 7. The van der Waals surface area contributed by atoms with Crippen LogP contribution in [0.25, 0.3) is 0 Å². The fraction of sp³-hybridized carbons (Fsp3) is 0.545. The molecule has 0 bridgehead atoms. The van der Waals surface area contributed by atoms with Crippen LogP contribution in [0.5, 0.6) is 0 Å². The van der Waals surface area contributed by atoms with Gasteiger partial charge in [-0.15, -0.1) is 0 Å². The van der Waals surface area contributed by atoms with Crippen molar-refractivity contribution < 1.29 is 49.9 Å². The molecule has 2 atom stereocenters. The summed E-state index contributed by atoms with van der Waals surface area (Å²) < 4.78 is 100. The molecule has 0 unspecified atom stereocenters. The summed E-state index contributed by atoms with van der Waals surface area (Å²) in [6.07, 6.45) is -8.71. The van der Waals surface area contributed by atoms with E-state index in [1.807, 2.05) is 0 Å². The van der Waals surface area contributed by atoms with Crippen LogP contribution in [-0.2, 0) is 21.9 Å². The topological polar surface area (TPSA) is 82.2 Å². The SMILES string of the molecule is CN(C(=O)N(C)[C@@H]1CN(C(=O)[C@H]2CC[C@H](NC(=O)OC(C)(C)C)CC2)C[C@H]1c1ccc(F)cc1)c1cc(C(F)(F)F)cc(C(F)(F)F)c1. The van der Waals surface area contributed by atoms with E-state index in [0.29, 0.717) is 48.3 Å². The van der Waals surface area contributed by atoms with Crippen LogP contribution in [0.4, 0.5) is 46.0 Å². The number of anilines is 1. The lowest BCUT2D eigenvalue weighted by molar-refractivity contribution is -0.143. The number of hydrogen-bond donors (Lipinski definition) is 1. The Kier molecular flexibility index (Phi) is 10.6. The molecule has 4 amide bonds. The summed E-state index contributed by atoms with van der Waals surface area (Å²) in [5.41, 5.74) is -3.80. The average molecular weight is 689 g/mol. The number of carbonyl (C=O) groups excluding carboxylic acids is 3. The van der Waals surface area contributed by atoms with Crippen molar-refractivity contribution in [3.63, 3.8) is 0 Å². The van der Waals surface area contributed by atoms with E-state index in [1.165, 1.54) is 36.2 Å². The van der Waals surface area contributed by atoms with Gasteiger partial charge in [0.2, 0.25) is 5.91 Å². The van der Waals surface area contributed by atoms with Crippen molar-refractivity contribution >= 4 is 23.7 Å². The number of benzene rings is 2. The second-order valence-electron chi connectivity index (χ2n) is 13.4. The maximum atomic E-state index is 13.8. The normalized spacial score (nSPS) is 21.9. The Bertz CT molecular complexity index is 1450. The summed E-state index contributed by atoms with van der Waals surface area (Å²) in [5, 5.41) is 2.83. The number of likely N-dealkylation sites (N-methyl/N-ethyl adjacent to an activating group) is 1. The zero-order valence-corrected chi connectivity index (χ0v) is 27.2. The Morgan fingerprint density at radius 1 is 0.833 bits per heavy atom. The summed E-state index contributed by atoms with van der Waals surface area (Å²) in [6, 6.07) is 4.59. The van der Waals surface area contributed by atoms with Gasteiger partial charge in [0, 0.05) is 50.7 Å². The van der Waals surface area contributed by atoms with Gasteiger partial charge in [0.25, 0.3) is 0 Å². The Morgan fingerprint density at radius 3 is 1.88 bits per heavy atom. The molecule has 2 aromatic carbocycles. The molecule has 0 radical (unpaired) electrons. The number of amides is 4. The predicted molar refractivity (Wildman–Crippen MR) is 163 cm³/mol. The number of ether oxygens (including phenoxy) is 1. The third-order valence-corrected chi connectivity index (χ3v) is 8.74. The highest BCUT2D eigenvalue weighted by molar-refractivity contribution is 5.92. The average Bonchev–Trinajstić information content (AvgIpc) is 3.44. The van der Waals surface area contributed by atoms with Crippen molar-refractivity contribution in [1.29, 1.82) is 0 Å². The first kappa shape index (κ1) is 36.8. The molecule has 2 aromatic rings. The molecular weight excluding hydrogens is 649 g/mol. The van der Waals surface area contributed by atoms with E-state index in [9.17, 15) is 45.1 Å². The van der Waals surface area contributed by atoms with Crippen LogP contribution in [0.3, 0.4) is 0 Å². The Morgan fingerprint density at radius 2 is 1.38 bits per heavy atom. The molecule has 48 heavy (non-hydrogen) atoms. The van der Waals surface area contributed by atoms with Crippen molar-refractivity contribution in [3.8, 4) is 0 Å². The number of alkyl carbamates (subject to hydrolysis) is 1. The van der Waals surface area contributed by atoms with Gasteiger partial charge in [-0.1, -0.05) is 12.1 Å². The molecule has 1 N–H and O–H groups in total. The molecule has 1 saturated carbocycles. The molecule has 264 valence electrons. The Hall–Kier alpha value is -4.04. The second kappa shape index (κ2) is 13.8. The lowest BCUT2D eigenvalue weighted by Gasteiger charge is -2.33. The molecule has 0 spiro atoms. The van der Waals surface area contributed by atoms with Crippen LogP contribution >= 0.6 is 0 Å². The third kappa shape index (κ3) is 8.90. The highest BCUT2D eigenvalue weighted by Crippen LogP contribution is 2.39. The highest BCUT2D eigenvalue weighted by Gasteiger charge is 2.43. The number of nitrogens with zero attached hydrogens (tertiary/aromatic N) is 3. The fourth-order valence-corrected chi connectivity index (χ4v) is 6.23. The molecule has 4 rings (SSSR count). The van der Waals surface area contributed by atoms with Gasteiger partial charge in [-0.3, -0.25) is 9.69 Å². The first-order valence-electron chi connectivity index (χ1n) is 15.5. The first-order valence-corrected chi connectivity index (χ1v) is 15.5. The molecule has 1 aliphatic carbocycles. The van der Waals surface area contributed by atoms with Crippen LogP contribution in [0.1, 0.15) is 69.1 Å². The number of rotatable bonds is 5. The maximum absolute atomic E-state index is 13.8. The molecule has 1 saturated heterocycles. The molecule has 1 aliphatic heterocycles. The van der Waals surface area contributed by atoms with Crippen LogP contribution in [0, 0.1) is 11.7 Å². The zero-order valence-electron chi connectivity index (χ0n) is 27.2. The van der Waals surface area contributed by atoms with E-state index >= 15 is 0 Å². The van der Waals surface area contributed by atoms with Gasteiger partial charge >= 0.3 is 24.5 Å². The quantitative estimate of drug-likeness (QED) is 0.332. The van der Waals surface area contributed by atoms with Gasteiger partial charge in [0.15, 0.2) is 0 Å². The summed E-state index contributed by atoms with van der Waals surface area (Å²) in [5.74, 6) is -1.59. The lowest BCUT2D eigenvalue weighted by atomic mass is 9.85. The van der Waals surface area contributed by atoms with E-state index in [1.54, 1.807) is 25.7 Å². The van der Waals surface area contributed by atoms with E-state index in [-0.39, 0.29) is 37.0 Å². The van der Waals surface area contributed by atoms with Crippen molar-refractivity contribution in [2.45, 2.75) is 82.4 Å². The van der Waals surface area contributed by atoms with Crippen molar-refractivity contribution in [2.75, 3.05) is 32.1 Å². The molecule has 15 heteroatoms. The van der Waals surface area contributed by atoms with E-state index in [2.05, 4.69) is 5.32 Å². The van der Waals surface area contributed by atoms with Crippen LogP contribution in [0.15, 0.2) is 42.5 Å². The molecule has 2 fully saturated rings. The summed E-state index contributed by atoms with van der Waals surface area (Å²) >= 11 is 0. The fourth-order valence-electron chi connectivity index (χ4n) is 6.23. The van der Waals surface area contributed by atoms with Gasteiger partial charge < -0.3 is 19.9 Å². The smallest absolute Gasteiger partial charge is 0.416 e. The van der Waals surface area contributed by atoms with Gasteiger partial charge in [-0.05, 0) is 82.3 Å². The minimum absolute atomic E-state index is 0.0162. The van der Waals surface area contributed by atoms with Gasteiger partial charge in [-0.25, -0.2) is 14.0 Å². The number of hydrogen-bond acceptors (Lipinski definition) is 4. The standard InChI is InChI=1S/C33H39F7N4O4/c1-31(2,3)48-29(46)41-24-12-8-20(9-13-24)28(45)44-17-26(19-6-10-23(34)11-7-19)27(18-44)43(5)30(47)42(4)25-15-21(32(35,36)37)14-22(16-25)33(38,39)40/h6-7,10-11,14-16,20,24,26-27H,8-9,12-13,17-18H2,1-5H3,(H,41,46)/t20-,24-,26-,27+/m0/s1. The van der Waals surface area contributed by atoms with Crippen LogP contribution in [0.2, 0.25) is 0 Å². The predicted octanol–water partition coefficient (Wildman–Crippen LogP) is 7.43. The van der Waals surface area contributed by atoms with E-state index in [0.717, 1.165) is 7.05 Å².